The quantitative estimate of drug-likeness (QED) is 0.445. The fourth-order valence-corrected chi connectivity index (χ4v) is 4.83. The number of likely N-dealkylation sites (N-methyl/N-ethyl adjacent to an activating group) is 1. The minimum atomic E-state index is 0.270. The van der Waals surface area contributed by atoms with E-state index in [1.165, 1.54) is 11.9 Å². The van der Waals surface area contributed by atoms with Gasteiger partial charge in [0, 0.05) is 24.2 Å². The highest BCUT2D eigenvalue weighted by atomic mass is 16.3. The molecule has 1 atom stereocenters. The zero-order valence-electron chi connectivity index (χ0n) is 18.9. The number of nitrogens with two attached hydrogens (primary N) is 1. The summed E-state index contributed by atoms with van der Waals surface area (Å²) < 4.78 is 8.10. The molecule has 0 radical (unpaired) electrons. The second-order valence-corrected chi connectivity index (χ2v) is 8.98. The number of anilines is 1. The molecule has 1 aliphatic rings. The average Bonchev–Trinajstić information content (AvgIpc) is 3.51. The molecule has 33 heavy (non-hydrogen) atoms. The van der Waals surface area contributed by atoms with Gasteiger partial charge in [0.1, 0.15) is 23.4 Å². The van der Waals surface area contributed by atoms with E-state index in [1.54, 1.807) is 0 Å². The van der Waals surface area contributed by atoms with E-state index in [0.29, 0.717) is 11.7 Å². The van der Waals surface area contributed by atoms with E-state index in [2.05, 4.69) is 34.9 Å². The lowest BCUT2D eigenvalue weighted by Crippen LogP contribution is -2.17. The molecule has 1 fully saturated rings. The van der Waals surface area contributed by atoms with Crippen LogP contribution in [0, 0.1) is 13.8 Å². The highest BCUT2D eigenvalue weighted by molar-refractivity contribution is 5.98. The summed E-state index contributed by atoms with van der Waals surface area (Å²) in [6.45, 7) is 6.09. The number of nitrogens with zero attached hydrogens (tertiary/aromatic N) is 6. The number of likely N-dealkylation sites (tertiary alicyclic amines) is 1. The number of hydrogen-bond donors (Lipinski definition) is 1. The van der Waals surface area contributed by atoms with Crippen LogP contribution in [-0.2, 0) is 0 Å². The number of oxazole rings is 1. The van der Waals surface area contributed by atoms with Gasteiger partial charge in [-0.3, -0.25) is 0 Å². The summed E-state index contributed by atoms with van der Waals surface area (Å²) in [5.41, 5.74) is 13.7. The molecule has 8 nitrogen and oxygen atoms in total. The Morgan fingerprint density at radius 2 is 1.85 bits per heavy atom. The van der Waals surface area contributed by atoms with Crippen LogP contribution in [0.1, 0.15) is 23.6 Å². The molecule has 1 saturated heterocycles. The predicted molar refractivity (Wildman–Crippen MR) is 129 cm³/mol. The van der Waals surface area contributed by atoms with E-state index in [4.69, 9.17) is 20.2 Å². The first-order valence-electron chi connectivity index (χ1n) is 11.1. The molecule has 166 valence electrons. The smallest absolute Gasteiger partial charge is 0.227 e. The van der Waals surface area contributed by atoms with Crippen LogP contribution in [0.3, 0.4) is 0 Å². The Hall–Kier alpha value is -3.78. The van der Waals surface area contributed by atoms with Gasteiger partial charge in [-0.15, -0.1) is 0 Å². The largest absolute Gasteiger partial charge is 0.436 e. The SMILES string of the molecule is Cc1cc(C)c2oc(-c3ccc(-c4nn(C5CCN(C)C5)c5ncnc(N)c45)cc3)nc2c1. The Kier molecular flexibility index (Phi) is 4.45. The van der Waals surface area contributed by atoms with Gasteiger partial charge in [-0.1, -0.05) is 18.2 Å². The maximum atomic E-state index is 6.28. The number of rotatable bonds is 3. The summed E-state index contributed by atoms with van der Waals surface area (Å²) in [6, 6.07) is 12.5. The zero-order chi connectivity index (χ0) is 22.7. The van der Waals surface area contributed by atoms with Gasteiger partial charge in [-0.25, -0.2) is 19.6 Å². The molecule has 2 aromatic carbocycles. The molecule has 2 N–H and O–H groups in total. The summed E-state index contributed by atoms with van der Waals surface area (Å²) in [5, 5.41) is 5.76. The predicted octanol–water partition coefficient (Wildman–Crippen LogP) is 4.38. The number of aromatic nitrogens is 5. The average molecular weight is 440 g/mol. The Morgan fingerprint density at radius 1 is 1.06 bits per heavy atom. The minimum Gasteiger partial charge on any atom is -0.436 e. The third-order valence-corrected chi connectivity index (χ3v) is 6.46. The lowest BCUT2D eigenvalue weighted by molar-refractivity contribution is 0.385. The Bertz CT molecular complexity index is 1500. The maximum absolute atomic E-state index is 6.28. The van der Waals surface area contributed by atoms with Crippen molar-refractivity contribution in [3.8, 4) is 22.7 Å². The third kappa shape index (κ3) is 3.25. The van der Waals surface area contributed by atoms with Crippen molar-refractivity contribution in [2.45, 2.75) is 26.3 Å². The molecular formula is C25H25N7O. The fourth-order valence-electron chi connectivity index (χ4n) is 4.83. The second-order valence-electron chi connectivity index (χ2n) is 8.98. The van der Waals surface area contributed by atoms with Crippen LogP contribution in [0.4, 0.5) is 5.82 Å². The normalized spacial score (nSPS) is 16.9. The van der Waals surface area contributed by atoms with Gasteiger partial charge in [-0.05, 0) is 56.6 Å². The third-order valence-electron chi connectivity index (χ3n) is 6.46. The lowest BCUT2D eigenvalue weighted by Gasteiger charge is -2.11. The number of benzene rings is 2. The zero-order valence-corrected chi connectivity index (χ0v) is 18.9. The number of fused-ring (bicyclic) bond motifs is 2. The van der Waals surface area contributed by atoms with Crippen LogP contribution in [0.5, 0.6) is 0 Å². The highest BCUT2D eigenvalue weighted by Gasteiger charge is 2.26. The van der Waals surface area contributed by atoms with E-state index in [9.17, 15) is 0 Å². The van der Waals surface area contributed by atoms with Crippen molar-refractivity contribution in [3.05, 3.63) is 53.9 Å². The molecule has 1 aliphatic heterocycles. The molecule has 0 amide bonds. The molecule has 8 heteroatoms. The van der Waals surface area contributed by atoms with Gasteiger partial charge < -0.3 is 15.1 Å². The number of nitrogen functional groups attached to an aromatic ring is 1. The van der Waals surface area contributed by atoms with E-state index in [0.717, 1.165) is 64.0 Å². The monoisotopic (exact) mass is 439 g/mol. The molecule has 0 spiro atoms. The Labute approximate surface area is 191 Å². The van der Waals surface area contributed by atoms with Gasteiger partial charge in [0.2, 0.25) is 5.89 Å². The van der Waals surface area contributed by atoms with Gasteiger partial charge in [0.25, 0.3) is 0 Å². The van der Waals surface area contributed by atoms with Crippen molar-refractivity contribution in [1.82, 2.24) is 29.6 Å². The van der Waals surface area contributed by atoms with Crippen LogP contribution >= 0.6 is 0 Å². The topological polar surface area (TPSA) is 98.9 Å². The summed E-state index contributed by atoms with van der Waals surface area (Å²) in [6.07, 6.45) is 2.55. The number of aryl methyl sites for hydroxylation is 2. The van der Waals surface area contributed by atoms with E-state index in [1.807, 2.05) is 41.9 Å². The maximum Gasteiger partial charge on any atom is 0.227 e. The molecule has 6 rings (SSSR count). The van der Waals surface area contributed by atoms with Crippen molar-refractivity contribution in [2.24, 2.45) is 0 Å². The van der Waals surface area contributed by atoms with E-state index < -0.39 is 0 Å². The molecule has 0 bridgehead atoms. The Balaban J connectivity index is 1.42. The van der Waals surface area contributed by atoms with Crippen molar-refractivity contribution in [1.29, 1.82) is 0 Å². The second kappa shape index (κ2) is 7.38. The molecule has 5 aromatic rings. The van der Waals surface area contributed by atoms with Crippen LogP contribution in [-0.4, -0.2) is 49.8 Å². The van der Waals surface area contributed by atoms with Gasteiger partial charge >= 0.3 is 0 Å². The van der Waals surface area contributed by atoms with Gasteiger partial charge in [0.15, 0.2) is 11.2 Å². The highest BCUT2D eigenvalue weighted by Crippen LogP contribution is 2.35. The minimum absolute atomic E-state index is 0.270. The molecule has 0 aliphatic carbocycles. The molecule has 0 saturated carbocycles. The van der Waals surface area contributed by atoms with Crippen LogP contribution in [0.15, 0.2) is 47.1 Å². The summed E-state index contributed by atoms with van der Waals surface area (Å²) >= 11 is 0. The van der Waals surface area contributed by atoms with Crippen molar-refractivity contribution >= 4 is 28.0 Å². The van der Waals surface area contributed by atoms with Crippen LogP contribution in [0.2, 0.25) is 0 Å². The summed E-state index contributed by atoms with van der Waals surface area (Å²) in [5.74, 6) is 1.05. The first-order valence-corrected chi connectivity index (χ1v) is 11.1. The van der Waals surface area contributed by atoms with Crippen molar-refractivity contribution in [3.63, 3.8) is 0 Å². The lowest BCUT2D eigenvalue weighted by atomic mass is 10.1. The van der Waals surface area contributed by atoms with E-state index >= 15 is 0 Å². The van der Waals surface area contributed by atoms with Gasteiger partial charge in [0.05, 0.1) is 11.4 Å². The summed E-state index contributed by atoms with van der Waals surface area (Å²) in [4.78, 5) is 15.8. The van der Waals surface area contributed by atoms with Crippen molar-refractivity contribution < 1.29 is 4.42 Å². The van der Waals surface area contributed by atoms with Crippen molar-refractivity contribution in [2.75, 3.05) is 25.9 Å². The first kappa shape index (κ1) is 19.9. The molecule has 4 heterocycles. The molecule has 3 aromatic heterocycles. The summed E-state index contributed by atoms with van der Waals surface area (Å²) in [7, 11) is 2.13. The fraction of sp³-hybridized carbons (Fsp3) is 0.280. The number of hydrogen-bond acceptors (Lipinski definition) is 7. The van der Waals surface area contributed by atoms with Crippen LogP contribution < -0.4 is 5.73 Å². The van der Waals surface area contributed by atoms with E-state index in [-0.39, 0.29) is 6.04 Å². The standard InChI is InChI=1S/C25H25N7O/c1-14-10-15(2)22-19(11-14)29-25(33-22)17-6-4-16(5-7-17)21-20-23(26)27-13-28-24(20)32(30-21)18-8-9-31(3)12-18/h4-7,10-11,13,18H,8-9,12H2,1-3H3,(H2,26,27,28). The Morgan fingerprint density at radius 3 is 2.61 bits per heavy atom. The van der Waals surface area contributed by atoms with Gasteiger partial charge in [-0.2, -0.15) is 5.10 Å². The first-order chi connectivity index (χ1) is 16.0. The van der Waals surface area contributed by atoms with Crippen LogP contribution in [0.25, 0.3) is 44.8 Å². The molecular weight excluding hydrogens is 414 g/mol. The molecule has 1 unspecified atom stereocenters.